The molecule has 1 aliphatic heterocycles. The van der Waals surface area contributed by atoms with Gasteiger partial charge in [-0.15, -0.1) is 11.6 Å². The lowest BCUT2D eigenvalue weighted by molar-refractivity contribution is -0.132. The molecule has 1 saturated heterocycles. The van der Waals surface area contributed by atoms with Gasteiger partial charge in [0.1, 0.15) is 0 Å². The van der Waals surface area contributed by atoms with E-state index in [4.69, 9.17) is 11.6 Å². The van der Waals surface area contributed by atoms with Crippen LogP contribution in [0.4, 0.5) is 0 Å². The van der Waals surface area contributed by atoms with Crippen molar-refractivity contribution in [2.24, 2.45) is 0 Å². The summed E-state index contributed by atoms with van der Waals surface area (Å²) >= 11 is 5.56. The third kappa shape index (κ3) is 4.00. The van der Waals surface area contributed by atoms with Gasteiger partial charge >= 0.3 is 0 Å². The van der Waals surface area contributed by atoms with Crippen LogP contribution in [0.5, 0.6) is 0 Å². The number of hydrogen-bond donors (Lipinski definition) is 0. The van der Waals surface area contributed by atoms with Gasteiger partial charge < -0.3 is 9.80 Å². The van der Waals surface area contributed by atoms with Crippen LogP contribution in [-0.4, -0.2) is 53.7 Å². The van der Waals surface area contributed by atoms with Crippen molar-refractivity contribution >= 4 is 23.4 Å². The van der Waals surface area contributed by atoms with Gasteiger partial charge in [0.25, 0.3) is 0 Å². The largest absolute Gasteiger partial charge is 0.341 e. The SMILES string of the molecule is CC(=O)N1CCCN(C(=O)CCCCl)CC1. The van der Waals surface area contributed by atoms with Crippen LogP contribution in [0.3, 0.4) is 0 Å². The molecular weight excluding hydrogens is 228 g/mol. The van der Waals surface area contributed by atoms with Crippen molar-refractivity contribution in [2.45, 2.75) is 26.2 Å². The molecule has 0 spiro atoms. The number of alkyl halides is 1. The molecule has 1 heterocycles. The molecule has 1 fully saturated rings. The molecule has 1 aliphatic rings. The highest BCUT2D eigenvalue weighted by Gasteiger charge is 2.19. The monoisotopic (exact) mass is 246 g/mol. The Labute approximate surface area is 102 Å². The van der Waals surface area contributed by atoms with E-state index in [1.165, 1.54) is 0 Å². The molecule has 0 atom stereocenters. The van der Waals surface area contributed by atoms with Gasteiger partial charge in [-0.1, -0.05) is 0 Å². The van der Waals surface area contributed by atoms with Crippen LogP contribution in [0.15, 0.2) is 0 Å². The lowest BCUT2D eigenvalue weighted by atomic mass is 10.3. The highest BCUT2D eigenvalue weighted by Crippen LogP contribution is 2.06. The fourth-order valence-corrected chi connectivity index (χ4v) is 1.99. The molecule has 0 bridgehead atoms. The van der Waals surface area contributed by atoms with Gasteiger partial charge in [0.2, 0.25) is 11.8 Å². The Morgan fingerprint density at radius 3 is 2.38 bits per heavy atom. The minimum absolute atomic E-state index is 0.0926. The first-order valence-electron chi connectivity index (χ1n) is 5.74. The Hall–Kier alpha value is -0.770. The van der Waals surface area contributed by atoms with Crippen LogP contribution in [0, 0.1) is 0 Å². The van der Waals surface area contributed by atoms with E-state index in [-0.39, 0.29) is 11.8 Å². The molecule has 0 aliphatic carbocycles. The van der Waals surface area contributed by atoms with Crippen molar-refractivity contribution in [2.75, 3.05) is 32.1 Å². The van der Waals surface area contributed by atoms with E-state index in [2.05, 4.69) is 0 Å². The van der Waals surface area contributed by atoms with Crippen molar-refractivity contribution in [1.29, 1.82) is 0 Å². The molecule has 0 unspecified atom stereocenters. The van der Waals surface area contributed by atoms with Crippen molar-refractivity contribution in [3.63, 3.8) is 0 Å². The summed E-state index contributed by atoms with van der Waals surface area (Å²) in [6.45, 7) is 4.40. The smallest absolute Gasteiger partial charge is 0.222 e. The van der Waals surface area contributed by atoms with E-state index >= 15 is 0 Å². The van der Waals surface area contributed by atoms with Crippen molar-refractivity contribution < 1.29 is 9.59 Å². The molecule has 1 rings (SSSR count). The molecule has 4 nitrogen and oxygen atoms in total. The molecule has 0 aromatic carbocycles. The molecule has 2 amide bonds. The highest BCUT2D eigenvalue weighted by molar-refractivity contribution is 6.17. The second-order valence-corrected chi connectivity index (χ2v) is 4.41. The van der Waals surface area contributed by atoms with E-state index in [0.717, 1.165) is 25.9 Å². The normalized spacial score (nSPS) is 17.1. The number of halogens is 1. The van der Waals surface area contributed by atoms with Gasteiger partial charge in [0, 0.05) is 45.4 Å². The van der Waals surface area contributed by atoms with Gasteiger partial charge in [-0.25, -0.2) is 0 Å². The standard InChI is InChI=1S/C11H19ClN2O2/c1-10(15)13-6-3-7-14(9-8-13)11(16)4-2-5-12/h2-9H2,1H3. The van der Waals surface area contributed by atoms with Crippen molar-refractivity contribution in [3.05, 3.63) is 0 Å². The van der Waals surface area contributed by atoms with Crippen LogP contribution >= 0.6 is 11.6 Å². The maximum atomic E-state index is 11.8. The summed E-state index contributed by atoms with van der Waals surface area (Å²) in [4.78, 5) is 26.6. The van der Waals surface area contributed by atoms with Gasteiger partial charge in [-0.05, 0) is 12.8 Å². The minimum Gasteiger partial charge on any atom is -0.341 e. The molecule has 5 heteroatoms. The summed E-state index contributed by atoms with van der Waals surface area (Å²) in [6, 6.07) is 0. The van der Waals surface area contributed by atoms with Crippen molar-refractivity contribution in [1.82, 2.24) is 9.80 Å². The fraction of sp³-hybridized carbons (Fsp3) is 0.818. The van der Waals surface area contributed by atoms with Gasteiger partial charge in [0.15, 0.2) is 0 Å². The van der Waals surface area contributed by atoms with Crippen LogP contribution in [0.25, 0.3) is 0 Å². The first-order valence-corrected chi connectivity index (χ1v) is 6.28. The summed E-state index contributed by atoms with van der Waals surface area (Å²) < 4.78 is 0. The Morgan fingerprint density at radius 1 is 1.12 bits per heavy atom. The molecule has 0 radical (unpaired) electrons. The summed E-state index contributed by atoms with van der Waals surface area (Å²) in [7, 11) is 0. The Kier molecular flexibility index (Phi) is 5.60. The number of nitrogens with zero attached hydrogens (tertiary/aromatic N) is 2. The fourth-order valence-electron chi connectivity index (χ4n) is 1.86. The van der Waals surface area contributed by atoms with E-state index in [9.17, 15) is 9.59 Å². The number of carbonyl (C=O) groups excluding carboxylic acids is 2. The lowest BCUT2D eigenvalue weighted by Crippen LogP contribution is -2.36. The summed E-state index contributed by atoms with van der Waals surface area (Å²) in [6.07, 6.45) is 2.11. The quantitative estimate of drug-likeness (QED) is 0.700. The van der Waals surface area contributed by atoms with Gasteiger partial charge in [-0.2, -0.15) is 0 Å². The average molecular weight is 247 g/mol. The predicted molar refractivity (Wildman–Crippen MR) is 63.4 cm³/mol. The molecule has 92 valence electrons. The highest BCUT2D eigenvalue weighted by atomic mass is 35.5. The third-order valence-corrected chi connectivity index (χ3v) is 3.09. The van der Waals surface area contributed by atoms with Crippen LogP contribution in [-0.2, 0) is 9.59 Å². The second kappa shape index (κ2) is 6.74. The third-order valence-electron chi connectivity index (χ3n) is 2.82. The maximum absolute atomic E-state index is 11.8. The van der Waals surface area contributed by atoms with Crippen LogP contribution in [0.1, 0.15) is 26.2 Å². The predicted octanol–water partition coefficient (Wildman–Crippen LogP) is 1.09. The molecule has 0 N–H and O–H groups in total. The Morgan fingerprint density at radius 2 is 1.75 bits per heavy atom. The summed E-state index contributed by atoms with van der Waals surface area (Å²) in [5.41, 5.74) is 0. The van der Waals surface area contributed by atoms with Gasteiger partial charge in [0.05, 0.1) is 0 Å². The molecule has 16 heavy (non-hydrogen) atoms. The molecular formula is C11H19ClN2O2. The second-order valence-electron chi connectivity index (χ2n) is 4.03. The number of rotatable bonds is 3. The molecule has 0 aromatic heterocycles. The zero-order chi connectivity index (χ0) is 12.0. The molecule has 0 saturated carbocycles. The lowest BCUT2D eigenvalue weighted by Gasteiger charge is -2.21. The van der Waals surface area contributed by atoms with E-state index in [1.807, 2.05) is 4.90 Å². The minimum atomic E-state index is 0.0926. The Bertz CT molecular complexity index is 258. The zero-order valence-corrected chi connectivity index (χ0v) is 10.5. The maximum Gasteiger partial charge on any atom is 0.222 e. The zero-order valence-electron chi connectivity index (χ0n) is 9.75. The van der Waals surface area contributed by atoms with Crippen molar-refractivity contribution in [3.8, 4) is 0 Å². The first-order chi connectivity index (χ1) is 7.65. The Balaban J connectivity index is 2.40. The van der Waals surface area contributed by atoms with Crippen LogP contribution in [0.2, 0.25) is 0 Å². The van der Waals surface area contributed by atoms with E-state index in [1.54, 1.807) is 11.8 Å². The molecule has 0 aromatic rings. The van der Waals surface area contributed by atoms with Gasteiger partial charge in [-0.3, -0.25) is 9.59 Å². The number of amides is 2. The number of hydrogen-bond acceptors (Lipinski definition) is 2. The van der Waals surface area contributed by atoms with E-state index < -0.39 is 0 Å². The first kappa shape index (κ1) is 13.3. The van der Waals surface area contributed by atoms with E-state index in [0.29, 0.717) is 25.4 Å². The van der Waals surface area contributed by atoms with Crippen LogP contribution < -0.4 is 0 Å². The summed E-state index contributed by atoms with van der Waals surface area (Å²) in [5.74, 6) is 0.778. The number of carbonyl (C=O) groups is 2. The summed E-state index contributed by atoms with van der Waals surface area (Å²) in [5, 5.41) is 0. The topological polar surface area (TPSA) is 40.6 Å². The average Bonchev–Trinajstić information content (AvgIpc) is 2.51.